The van der Waals surface area contributed by atoms with Crippen LogP contribution in [-0.4, -0.2) is 61.6 Å². The fourth-order valence-corrected chi connectivity index (χ4v) is 4.54. The molecule has 0 unspecified atom stereocenters. The molecule has 176 valence electrons. The number of benzene rings is 2. The lowest BCUT2D eigenvalue weighted by molar-refractivity contribution is 0.0322. The van der Waals surface area contributed by atoms with Crippen molar-refractivity contribution in [2.45, 2.75) is 13.3 Å². The van der Waals surface area contributed by atoms with Crippen molar-refractivity contribution in [2.24, 2.45) is 5.84 Å². The van der Waals surface area contributed by atoms with Crippen LogP contribution < -0.4 is 20.7 Å². The Morgan fingerprint density at radius 3 is 2.70 bits per heavy atom. The number of hydrazine groups is 1. The monoisotopic (exact) mass is 516 g/mol. The van der Waals surface area contributed by atoms with Gasteiger partial charge in [0.15, 0.2) is 11.5 Å². The van der Waals surface area contributed by atoms with Crippen molar-refractivity contribution < 1.29 is 19.3 Å². The Bertz CT molecular complexity index is 1140. The summed E-state index contributed by atoms with van der Waals surface area (Å²) in [5.41, 5.74) is 5.28. The maximum atomic E-state index is 9.96. The number of hydrogen-bond donors (Lipinski definition) is 3. The van der Waals surface area contributed by atoms with Gasteiger partial charge in [-0.1, -0.05) is 6.92 Å². The first-order chi connectivity index (χ1) is 16.1. The lowest BCUT2D eigenvalue weighted by atomic mass is 9.97. The van der Waals surface area contributed by atoms with Crippen LogP contribution in [0.1, 0.15) is 12.5 Å². The van der Waals surface area contributed by atoms with Crippen LogP contribution in [0.15, 0.2) is 34.8 Å². The van der Waals surface area contributed by atoms with Gasteiger partial charge in [0.2, 0.25) is 0 Å². The molecule has 0 radical (unpaired) electrons. The molecule has 0 spiro atoms. The highest BCUT2D eigenvalue weighted by Crippen LogP contribution is 2.44. The van der Waals surface area contributed by atoms with E-state index in [4.69, 9.17) is 25.0 Å². The molecule has 9 heteroatoms. The summed E-state index contributed by atoms with van der Waals surface area (Å²) in [6.07, 6.45) is 0.704. The normalized spacial score (nSPS) is 14.4. The first-order valence-electron chi connectivity index (χ1n) is 11.0. The zero-order valence-corrected chi connectivity index (χ0v) is 20.4. The third-order valence-corrected chi connectivity index (χ3v) is 6.51. The lowest BCUT2D eigenvalue weighted by Gasteiger charge is -2.27. The fourth-order valence-electron chi connectivity index (χ4n) is 4.16. The van der Waals surface area contributed by atoms with Crippen LogP contribution >= 0.6 is 15.9 Å². The van der Waals surface area contributed by atoms with E-state index in [-0.39, 0.29) is 5.75 Å². The van der Waals surface area contributed by atoms with Crippen molar-refractivity contribution in [1.29, 1.82) is 0 Å². The van der Waals surface area contributed by atoms with E-state index in [9.17, 15) is 5.11 Å². The van der Waals surface area contributed by atoms with Crippen LogP contribution in [0.4, 0.5) is 5.82 Å². The van der Waals surface area contributed by atoms with Crippen molar-refractivity contribution in [3.8, 4) is 28.5 Å². The van der Waals surface area contributed by atoms with Gasteiger partial charge in [-0.2, -0.15) is 0 Å². The van der Waals surface area contributed by atoms with Gasteiger partial charge in [-0.05, 0) is 52.7 Å². The number of aryl methyl sites for hydroxylation is 1. The summed E-state index contributed by atoms with van der Waals surface area (Å²) < 4.78 is 18.1. The first kappa shape index (κ1) is 23.6. The summed E-state index contributed by atoms with van der Waals surface area (Å²) in [5, 5.41) is 11.8. The molecular formula is C24H29BrN4O4. The van der Waals surface area contributed by atoms with Crippen LogP contribution in [0.3, 0.4) is 0 Å². The number of aromatic hydroxyl groups is 1. The van der Waals surface area contributed by atoms with E-state index in [1.165, 1.54) is 0 Å². The highest BCUT2D eigenvalue weighted by atomic mass is 79.9. The zero-order valence-electron chi connectivity index (χ0n) is 18.9. The highest BCUT2D eigenvalue weighted by molar-refractivity contribution is 9.10. The molecule has 4 rings (SSSR count). The number of pyridine rings is 1. The number of methoxy groups -OCH3 is 1. The first-order valence-corrected chi connectivity index (χ1v) is 11.8. The van der Waals surface area contributed by atoms with Crippen LogP contribution in [0.25, 0.3) is 22.0 Å². The topological polar surface area (TPSA) is 102 Å². The predicted molar refractivity (Wildman–Crippen MR) is 133 cm³/mol. The number of hydrogen-bond acceptors (Lipinski definition) is 8. The number of rotatable bonds is 8. The number of ether oxygens (including phenoxy) is 3. The Balaban J connectivity index is 1.83. The Hall–Kier alpha value is -2.59. The minimum Gasteiger partial charge on any atom is -0.507 e. The third-order valence-electron chi connectivity index (χ3n) is 5.88. The summed E-state index contributed by atoms with van der Waals surface area (Å²) >= 11 is 3.40. The quantitative estimate of drug-likeness (QED) is 0.305. The molecule has 0 atom stereocenters. The van der Waals surface area contributed by atoms with E-state index in [0.717, 1.165) is 60.4 Å². The molecule has 33 heavy (non-hydrogen) atoms. The number of anilines is 1. The van der Waals surface area contributed by atoms with Gasteiger partial charge in [-0.25, -0.2) is 10.8 Å². The van der Waals surface area contributed by atoms with Gasteiger partial charge in [0.05, 0.1) is 30.5 Å². The van der Waals surface area contributed by atoms with Gasteiger partial charge in [-0.3, -0.25) is 4.90 Å². The van der Waals surface area contributed by atoms with Crippen molar-refractivity contribution in [2.75, 3.05) is 52.0 Å². The number of nitrogens with zero attached hydrogens (tertiary/aromatic N) is 2. The van der Waals surface area contributed by atoms with Gasteiger partial charge in [-0.15, -0.1) is 0 Å². The van der Waals surface area contributed by atoms with E-state index < -0.39 is 0 Å². The van der Waals surface area contributed by atoms with Gasteiger partial charge in [0, 0.05) is 41.5 Å². The summed E-state index contributed by atoms with van der Waals surface area (Å²) in [7, 11) is 1.64. The van der Waals surface area contributed by atoms with Gasteiger partial charge in [0.25, 0.3) is 0 Å². The average molecular weight is 517 g/mol. The molecule has 1 fully saturated rings. The molecule has 1 aliphatic rings. The Kier molecular flexibility index (Phi) is 7.54. The summed E-state index contributed by atoms with van der Waals surface area (Å²) in [6, 6.07) is 9.20. The smallest absolute Gasteiger partial charge is 0.169 e. The van der Waals surface area contributed by atoms with Gasteiger partial charge in [0.1, 0.15) is 18.2 Å². The number of phenols is 1. The van der Waals surface area contributed by atoms with E-state index in [0.29, 0.717) is 34.8 Å². The molecule has 0 amide bonds. The molecule has 1 aliphatic heterocycles. The van der Waals surface area contributed by atoms with Crippen molar-refractivity contribution in [3.63, 3.8) is 0 Å². The van der Waals surface area contributed by atoms with Crippen LogP contribution in [0, 0.1) is 0 Å². The Morgan fingerprint density at radius 1 is 1.24 bits per heavy atom. The second-order valence-electron chi connectivity index (χ2n) is 7.77. The summed E-state index contributed by atoms with van der Waals surface area (Å²) in [4.78, 5) is 7.15. The maximum Gasteiger partial charge on any atom is 0.169 e. The molecule has 4 N–H and O–H groups in total. The molecule has 8 nitrogen and oxygen atoms in total. The maximum absolute atomic E-state index is 9.96. The van der Waals surface area contributed by atoms with Crippen molar-refractivity contribution >= 4 is 32.5 Å². The number of nitrogens with two attached hydrogens (primary N) is 1. The SMILES string of the molecule is CCc1c(NN)nc(-c2ccc(O)c(Br)c2)c2ccc(OC)c(OCCN3CCOCC3)c12. The highest BCUT2D eigenvalue weighted by Gasteiger charge is 2.21. The van der Waals surface area contributed by atoms with Crippen molar-refractivity contribution in [1.82, 2.24) is 9.88 Å². The average Bonchev–Trinajstić information content (AvgIpc) is 2.85. The van der Waals surface area contributed by atoms with Crippen LogP contribution in [0.5, 0.6) is 17.2 Å². The van der Waals surface area contributed by atoms with Crippen molar-refractivity contribution in [3.05, 3.63) is 40.4 Å². The van der Waals surface area contributed by atoms with E-state index in [1.54, 1.807) is 13.2 Å². The summed E-state index contributed by atoms with van der Waals surface area (Å²) in [6.45, 7) is 6.69. The number of phenolic OH excluding ortho intramolecular Hbond substituents is 1. The van der Waals surface area contributed by atoms with Gasteiger partial charge < -0.3 is 24.7 Å². The van der Waals surface area contributed by atoms with E-state index >= 15 is 0 Å². The number of morpholine rings is 1. The molecule has 1 saturated heterocycles. The molecule has 2 aromatic carbocycles. The van der Waals surface area contributed by atoms with Crippen LogP contribution in [0.2, 0.25) is 0 Å². The fraction of sp³-hybridized carbons (Fsp3) is 0.375. The molecule has 3 aromatic rings. The lowest BCUT2D eigenvalue weighted by Crippen LogP contribution is -2.38. The number of aromatic nitrogens is 1. The zero-order chi connectivity index (χ0) is 23.4. The second-order valence-corrected chi connectivity index (χ2v) is 8.63. The largest absolute Gasteiger partial charge is 0.507 e. The van der Waals surface area contributed by atoms with Crippen LogP contribution in [-0.2, 0) is 11.2 Å². The number of halogens is 1. The number of fused-ring (bicyclic) bond motifs is 1. The minimum absolute atomic E-state index is 0.166. The summed E-state index contributed by atoms with van der Waals surface area (Å²) in [5.74, 6) is 7.97. The van der Waals surface area contributed by atoms with E-state index in [1.807, 2.05) is 24.3 Å². The molecule has 0 aliphatic carbocycles. The van der Waals surface area contributed by atoms with E-state index in [2.05, 4.69) is 33.2 Å². The minimum atomic E-state index is 0.166. The number of nitrogens with one attached hydrogen (secondary N) is 1. The predicted octanol–water partition coefficient (Wildman–Crippen LogP) is 3.94. The molecule has 2 heterocycles. The third kappa shape index (κ3) is 4.86. The molecule has 1 aromatic heterocycles. The molecular weight excluding hydrogens is 488 g/mol. The Labute approximate surface area is 201 Å². The second kappa shape index (κ2) is 10.6. The standard InChI is InChI=1S/C24H29BrN4O4/c1-3-16-21-17(22(27-24(16)28-26)15-4-6-19(30)18(25)14-15)5-7-20(31-2)23(21)33-13-10-29-8-11-32-12-9-29/h4-7,14,30H,3,8-13,26H2,1-2H3,(H,27,28). The molecule has 0 saturated carbocycles. The number of nitrogen functional groups attached to an aromatic ring is 1. The molecule has 0 bridgehead atoms. The Morgan fingerprint density at radius 2 is 2.03 bits per heavy atom. The van der Waals surface area contributed by atoms with Gasteiger partial charge >= 0.3 is 0 Å².